The van der Waals surface area contributed by atoms with Gasteiger partial charge in [0, 0.05) is 16.6 Å². The number of aliphatic carboxylic acids is 1. The van der Waals surface area contributed by atoms with Crippen molar-refractivity contribution in [3.8, 4) is 11.5 Å². The molecule has 0 amide bonds. The third-order valence-corrected chi connectivity index (χ3v) is 6.72. The van der Waals surface area contributed by atoms with Gasteiger partial charge in [0.05, 0.1) is 18.8 Å². The normalized spacial score (nSPS) is 11.8. The van der Waals surface area contributed by atoms with Crippen LogP contribution in [-0.2, 0) is 11.2 Å². The van der Waals surface area contributed by atoms with E-state index in [-0.39, 0.29) is 17.2 Å². The summed E-state index contributed by atoms with van der Waals surface area (Å²) in [5.74, 6) is -0.0890. The Morgan fingerprint density at radius 2 is 1.43 bits per heavy atom. The van der Waals surface area contributed by atoms with Gasteiger partial charge in [-0.2, -0.15) is 0 Å². The number of unbranched alkanes of at least 4 members (excludes halogenated alkanes) is 1. The first-order valence-electron chi connectivity index (χ1n) is 12.3. The third kappa shape index (κ3) is 10.8. The van der Waals surface area contributed by atoms with Crippen molar-refractivity contribution in [2.75, 3.05) is 13.2 Å². The molecule has 194 valence electrons. The maximum atomic E-state index is 11.1. The van der Waals surface area contributed by atoms with Crippen LogP contribution in [0.5, 0.6) is 11.5 Å². The minimum atomic E-state index is -0.969. The number of hydrogen-bond donors (Lipinski definition) is 2. The van der Waals surface area contributed by atoms with Crippen molar-refractivity contribution in [1.82, 2.24) is 0 Å². The van der Waals surface area contributed by atoms with E-state index in [1.807, 2.05) is 66.7 Å². The Balaban J connectivity index is 1.41. The van der Waals surface area contributed by atoms with Crippen molar-refractivity contribution < 1.29 is 29.3 Å². The largest absolute Gasteiger partial charge is 0.494 e. The number of carboxylic acids is 2. The SMILES string of the molecule is O=C(O)CC[C@H](/C=C\Cc1ccc(OCCCCOc2ccccc2)cc1)Sc1ccc(C(=O)O)cc1. The minimum Gasteiger partial charge on any atom is -0.494 e. The predicted octanol–water partition coefficient (Wildman–Crippen LogP) is 6.75. The highest BCUT2D eigenvalue weighted by molar-refractivity contribution is 8.00. The number of aromatic carboxylic acids is 1. The van der Waals surface area contributed by atoms with Crippen molar-refractivity contribution in [3.63, 3.8) is 0 Å². The van der Waals surface area contributed by atoms with Crippen molar-refractivity contribution in [2.45, 2.75) is 42.2 Å². The van der Waals surface area contributed by atoms with E-state index in [4.69, 9.17) is 19.7 Å². The van der Waals surface area contributed by atoms with Crippen LogP contribution in [0.4, 0.5) is 0 Å². The number of rotatable bonds is 16. The van der Waals surface area contributed by atoms with Gasteiger partial charge in [0.25, 0.3) is 0 Å². The zero-order valence-corrected chi connectivity index (χ0v) is 21.4. The molecule has 1 atom stereocenters. The van der Waals surface area contributed by atoms with Crippen LogP contribution >= 0.6 is 11.8 Å². The van der Waals surface area contributed by atoms with Crippen molar-refractivity contribution in [2.24, 2.45) is 0 Å². The fourth-order valence-electron chi connectivity index (χ4n) is 3.49. The summed E-state index contributed by atoms with van der Waals surface area (Å²) in [6.45, 7) is 1.30. The summed E-state index contributed by atoms with van der Waals surface area (Å²) in [7, 11) is 0. The molecule has 0 saturated carbocycles. The summed E-state index contributed by atoms with van der Waals surface area (Å²) >= 11 is 1.53. The van der Waals surface area contributed by atoms with Gasteiger partial charge in [-0.05, 0) is 79.8 Å². The summed E-state index contributed by atoms with van der Waals surface area (Å²) in [4.78, 5) is 23.0. The van der Waals surface area contributed by atoms with Gasteiger partial charge in [-0.15, -0.1) is 11.8 Å². The Bertz CT molecular complexity index is 1130. The second-order valence-electron chi connectivity index (χ2n) is 8.41. The zero-order valence-electron chi connectivity index (χ0n) is 20.6. The van der Waals surface area contributed by atoms with Gasteiger partial charge in [-0.1, -0.05) is 42.5 Å². The number of para-hydroxylation sites is 1. The van der Waals surface area contributed by atoms with E-state index in [2.05, 4.69) is 0 Å². The van der Waals surface area contributed by atoms with Gasteiger partial charge in [0.1, 0.15) is 11.5 Å². The highest BCUT2D eigenvalue weighted by Gasteiger charge is 2.11. The van der Waals surface area contributed by atoms with Gasteiger partial charge in [0.2, 0.25) is 0 Å². The minimum absolute atomic E-state index is 0.0275. The number of hydrogen-bond acceptors (Lipinski definition) is 5. The topological polar surface area (TPSA) is 93.1 Å². The van der Waals surface area contributed by atoms with Gasteiger partial charge >= 0.3 is 11.9 Å². The monoisotopic (exact) mass is 520 g/mol. The van der Waals surface area contributed by atoms with Crippen LogP contribution in [0.3, 0.4) is 0 Å². The molecule has 0 heterocycles. The molecule has 2 N–H and O–H groups in total. The first kappa shape index (κ1) is 27.9. The van der Waals surface area contributed by atoms with Gasteiger partial charge in [0.15, 0.2) is 0 Å². The number of carbonyl (C=O) groups is 2. The standard InChI is InChI=1S/C30H32O6S/c31-29(32)20-19-27(37-28-17-13-24(14-18-28)30(33)34)10-6-7-23-11-15-26(16-12-23)36-22-5-4-21-35-25-8-2-1-3-9-25/h1-3,6,8-18,27H,4-5,7,19-22H2,(H,31,32)(H,33,34)/b10-6-/t27-/m0/s1. The quantitative estimate of drug-likeness (QED) is 0.123. The molecule has 37 heavy (non-hydrogen) atoms. The van der Waals surface area contributed by atoms with Crippen LogP contribution in [0.2, 0.25) is 0 Å². The second kappa shape index (κ2) is 15.4. The van der Waals surface area contributed by atoms with Crippen LogP contribution in [0, 0.1) is 0 Å². The molecule has 0 radical (unpaired) electrons. The molecule has 0 fully saturated rings. The summed E-state index contributed by atoms with van der Waals surface area (Å²) < 4.78 is 11.5. The lowest BCUT2D eigenvalue weighted by molar-refractivity contribution is -0.137. The smallest absolute Gasteiger partial charge is 0.335 e. The molecule has 0 aromatic heterocycles. The number of allylic oxidation sites excluding steroid dienone is 1. The predicted molar refractivity (Wildman–Crippen MR) is 146 cm³/mol. The van der Waals surface area contributed by atoms with Crippen molar-refractivity contribution in [1.29, 1.82) is 0 Å². The molecule has 0 spiro atoms. The summed E-state index contributed by atoms with van der Waals surface area (Å²) in [6.07, 6.45) is 7.18. The average Bonchev–Trinajstić information content (AvgIpc) is 2.91. The fourth-order valence-corrected chi connectivity index (χ4v) is 4.56. The van der Waals surface area contributed by atoms with Crippen LogP contribution in [-0.4, -0.2) is 40.6 Å². The second-order valence-corrected chi connectivity index (χ2v) is 9.72. The van der Waals surface area contributed by atoms with E-state index < -0.39 is 11.9 Å². The maximum absolute atomic E-state index is 11.1. The lowest BCUT2D eigenvalue weighted by atomic mass is 10.1. The highest BCUT2D eigenvalue weighted by atomic mass is 32.2. The van der Waals surface area contributed by atoms with Crippen LogP contribution in [0.25, 0.3) is 0 Å². The first-order chi connectivity index (χ1) is 18.0. The van der Waals surface area contributed by atoms with E-state index in [0.717, 1.165) is 41.2 Å². The van der Waals surface area contributed by atoms with E-state index in [9.17, 15) is 9.59 Å². The molecule has 6 nitrogen and oxygen atoms in total. The van der Waals surface area contributed by atoms with E-state index >= 15 is 0 Å². The molecule has 0 bridgehead atoms. The molecular weight excluding hydrogens is 488 g/mol. The van der Waals surface area contributed by atoms with E-state index in [0.29, 0.717) is 19.6 Å². The first-order valence-corrected chi connectivity index (χ1v) is 13.2. The molecule has 3 rings (SSSR count). The Morgan fingerprint density at radius 3 is 2.03 bits per heavy atom. The fraction of sp³-hybridized carbons (Fsp3) is 0.267. The van der Waals surface area contributed by atoms with Crippen molar-refractivity contribution in [3.05, 3.63) is 102 Å². The van der Waals surface area contributed by atoms with Crippen LogP contribution < -0.4 is 9.47 Å². The van der Waals surface area contributed by atoms with Crippen LogP contribution in [0.1, 0.15) is 41.6 Å². The number of thioether (sulfide) groups is 1. The molecule has 0 saturated heterocycles. The molecule has 0 aliphatic heterocycles. The summed E-state index contributed by atoms with van der Waals surface area (Å²) in [5, 5.41) is 18.1. The Labute approximate surface area is 221 Å². The van der Waals surface area contributed by atoms with Gasteiger partial charge in [-0.3, -0.25) is 4.79 Å². The Morgan fingerprint density at radius 1 is 0.811 bits per heavy atom. The maximum Gasteiger partial charge on any atom is 0.335 e. The summed E-state index contributed by atoms with van der Waals surface area (Å²) in [5.41, 5.74) is 1.36. The molecule has 3 aromatic rings. The summed E-state index contributed by atoms with van der Waals surface area (Å²) in [6, 6.07) is 24.4. The number of benzene rings is 3. The highest BCUT2D eigenvalue weighted by Crippen LogP contribution is 2.28. The molecular formula is C30H32O6S. The van der Waals surface area contributed by atoms with Crippen LogP contribution in [0.15, 0.2) is 95.9 Å². The molecule has 0 aliphatic carbocycles. The van der Waals surface area contributed by atoms with E-state index in [1.54, 1.807) is 24.3 Å². The lowest BCUT2D eigenvalue weighted by Crippen LogP contribution is -2.04. The van der Waals surface area contributed by atoms with Crippen molar-refractivity contribution >= 4 is 23.7 Å². The average molecular weight is 521 g/mol. The molecule has 0 aliphatic rings. The molecule has 3 aromatic carbocycles. The van der Waals surface area contributed by atoms with E-state index in [1.165, 1.54) is 11.8 Å². The Hall–Kier alpha value is -3.71. The Kier molecular flexibility index (Phi) is 11.6. The number of ether oxygens (including phenoxy) is 2. The molecule has 0 unspecified atom stereocenters. The number of carboxylic acid groups (broad SMARTS) is 2. The zero-order chi connectivity index (χ0) is 26.3. The molecule has 7 heteroatoms. The van der Waals surface area contributed by atoms with Gasteiger partial charge < -0.3 is 19.7 Å². The third-order valence-electron chi connectivity index (χ3n) is 5.48. The lowest BCUT2D eigenvalue weighted by Gasteiger charge is -2.12. The van der Waals surface area contributed by atoms with Gasteiger partial charge in [-0.25, -0.2) is 4.79 Å².